The van der Waals surface area contributed by atoms with Crippen molar-refractivity contribution in [2.24, 2.45) is 11.8 Å². The average molecular weight is 325 g/mol. The molecule has 2 rings (SSSR count). The summed E-state index contributed by atoms with van der Waals surface area (Å²) in [5, 5.41) is 0. The highest BCUT2D eigenvalue weighted by Gasteiger charge is 2.31. The van der Waals surface area contributed by atoms with E-state index in [1.165, 1.54) is 7.11 Å². The normalized spacial score (nSPS) is 22.8. The van der Waals surface area contributed by atoms with E-state index in [0.717, 1.165) is 29.3 Å². The second-order valence-corrected chi connectivity index (χ2v) is 5.87. The first-order chi connectivity index (χ1) is 9.11. The average Bonchev–Trinajstić information content (AvgIpc) is 2.46. The van der Waals surface area contributed by atoms with Crippen LogP contribution in [-0.2, 0) is 9.53 Å². The molecule has 1 aromatic carbocycles. The number of benzene rings is 1. The van der Waals surface area contributed by atoms with Gasteiger partial charge in [-0.2, -0.15) is 0 Å². The zero-order valence-electron chi connectivity index (χ0n) is 10.9. The van der Waals surface area contributed by atoms with Gasteiger partial charge in [0.15, 0.2) is 5.78 Å². The van der Waals surface area contributed by atoms with Crippen LogP contribution in [0.1, 0.15) is 36.0 Å². The van der Waals surface area contributed by atoms with E-state index < -0.39 is 0 Å². The van der Waals surface area contributed by atoms with Crippen molar-refractivity contribution >= 4 is 27.7 Å². The van der Waals surface area contributed by atoms with Crippen molar-refractivity contribution in [2.75, 3.05) is 7.11 Å². The van der Waals surface area contributed by atoms with E-state index in [9.17, 15) is 9.59 Å². The number of methoxy groups -OCH3 is 1. The van der Waals surface area contributed by atoms with Gasteiger partial charge in [0.1, 0.15) is 0 Å². The minimum absolute atomic E-state index is 0.0565. The van der Waals surface area contributed by atoms with Crippen LogP contribution in [0.3, 0.4) is 0 Å². The Morgan fingerprint density at radius 3 is 2.42 bits per heavy atom. The monoisotopic (exact) mass is 324 g/mol. The number of ketones is 1. The summed E-state index contributed by atoms with van der Waals surface area (Å²) in [5.74, 6) is -0.225. The number of ether oxygens (including phenoxy) is 1. The lowest BCUT2D eigenvalue weighted by molar-refractivity contribution is -0.146. The molecule has 0 aromatic heterocycles. The molecule has 19 heavy (non-hydrogen) atoms. The molecule has 0 radical (unpaired) electrons. The fourth-order valence-electron chi connectivity index (χ4n) is 2.66. The maximum atomic E-state index is 12.4. The smallest absolute Gasteiger partial charge is 0.308 e. The van der Waals surface area contributed by atoms with Crippen LogP contribution in [0.25, 0.3) is 0 Å². The van der Waals surface area contributed by atoms with Gasteiger partial charge in [-0.3, -0.25) is 9.59 Å². The van der Waals surface area contributed by atoms with Crippen LogP contribution in [0.4, 0.5) is 0 Å². The zero-order valence-corrected chi connectivity index (χ0v) is 12.5. The maximum Gasteiger partial charge on any atom is 0.308 e. The number of Topliss-reactive ketones (excluding diaryl/α,β-unsaturated/α-hetero) is 1. The van der Waals surface area contributed by atoms with Crippen LogP contribution in [0.15, 0.2) is 28.7 Å². The van der Waals surface area contributed by atoms with Crippen molar-refractivity contribution in [1.82, 2.24) is 0 Å². The number of esters is 1. The van der Waals surface area contributed by atoms with Crippen molar-refractivity contribution in [1.29, 1.82) is 0 Å². The SMILES string of the molecule is COC(=O)C1CCCC(C(=O)c2ccc(Br)cc2)C1. The number of carbonyl (C=O) groups is 2. The topological polar surface area (TPSA) is 43.4 Å². The van der Waals surface area contributed by atoms with Crippen LogP contribution >= 0.6 is 15.9 Å². The first kappa shape index (κ1) is 14.3. The molecule has 4 heteroatoms. The molecule has 1 saturated carbocycles. The summed E-state index contributed by atoms with van der Waals surface area (Å²) in [7, 11) is 1.41. The summed E-state index contributed by atoms with van der Waals surface area (Å²) >= 11 is 3.36. The molecule has 3 nitrogen and oxygen atoms in total. The van der Waals surface area contributed by atoms with Gasteiger partial charge in [0.25, 0.3) is 0 Å². The van der Waals surface area contributed by atoms with Crippen molar-refractivity contribution in [2.45, 2.75) is 25.7 Å². The standard InChI is InChI=1S/C15H17BrO3/c1-19-15(18)12-4-2-3-11(9-12)14(17)10-5-7-13(16)8-6-10/h5-8,11-12H,2-4,9H2,1H3. The predicted molar refractivity (Wildman–Crippen MR) is 75.9 cm³/mol. The Morgan fingerprint density at radius 1 is 1.16 bits per heavy atom. The molecule has 0 amide bonds. The van der Waals surface area contributed by atoms with E-state index in [4.69, 9.17) is 4.74 Å². The Labute approximate surface area is 121 Å². The molecule has 2 atom stereocenters. The molecule has 1 aliphatic rings. The van der Waals surface area contributed by atoms with Crippen LogP contribution in [0.2, 0.25) is 0 Å². The van der Waals surface area contributed by atoms with E-state index in [2.05, 4.69) is 15.9 Å². The fraction of sp³-hybridized carbons (Fsp3) is 0.467. The van der Waals surface area contributed by atoms with E-state index in [1.54, 1.807) is 0 Å². The van der Waals surface area contributed by atoms with Gasteiger partial charge in [0.05, 0.1) is 13.0 Å². The third kappa shape index (κ3) is 3.44. The molecule has 0 spiro atoms. The molecule has 102 valence electrons. The first-order valence-electron chi connectivity index (χ1n) is 6.49. The Balaban J connectivity index is 2.06. The van der Waals surface area contributed by atoms with E-state index in [-0.39, 0.29) is 23.6 Å². The van der Waals surface area contributed by atoms with Gasteiger partial charge < -0.3 is 4.74 Å². The lowest BCUT2D eigenvalue weighted by Gasteiger charge is -2.26. The van der Waals surface area contributed by atoms with E-state index in [1.807, 2.05) is 24.3 Å². The highest BCUT2D eigenvalue weighted by Crippen LogP contribution is 2.32. The summed E-state index contributed by atoms with van der Waals surface area (Å²) in [4.78, 5) is 24.0. The van der Waals surface area contributed by atoms with Gasteiger partial charge in [0.2, 0.25) is 0 Å². The van der Waals surface area contributed by atoms with Gasteiger partial charge in [-0.05, 0) is 31.4 Å². The van der Waals surface area contributed by atoms with Crippen LogP contribution in [0.5, 0.6) is 0 Å². The summed E-state index contributed by atoms with van der Waals surface area (Å²) < 4.78 is 5.74. The molecule has 0 aliphatic heterocycles. The Hall–Kier alpha value is -1.16. The lowest BCUT2D eigenvalue weighted by Crippen LogP contribution is -2.28. The van der Waals surface area contributed by atoms with Crippen molar-refractivity contribution in [3.63, 3.8) is 0 Å². The second kappa shape index (κ2) is 6.33. The molecule has 2 unspecified atom stereocenters. The van der Waals surface area contributed by atoms with Gasteiger partial charge >= 0.3 is 5.97 Å². The largest absolute Gasteiger partial charge is 0.469 e. The van der Waals surface area contributed by atoms with Crippen LogP contribution in [0, 0.1) is 11.8 Å². The molecule has 0 N–H and O–H groups in total. The molecule has 0 saturated heterocycles. The third-order valence-electron chi connectivity index (χ3n) is 3.71. The number of hydrogen-bond donors (Lipinski definition) is 0. The van der Waals surface area contributed by atoms with Crippen LogP contribution < -0.4 is 0 Å². The first-order valence-corrected chi connectivity index (χ1v) is 7.28. The highest BCUT2D eigenvalue weighted by molar-refractivity contribution is 9.10. The summed E-state index contributed by atoms with van der Waals surface area (Å²) in [6.45, 7) is 0. The molecule has 1 aliphatic carbocycles. The number of rotatable bonds is 3. The number of hydrogen-bond acceptors (Lipinski definition) is 3. The van der Waals surface area contributed by atoms with Crippen LogP contribution in [-0.4, -0.2) is 18.9 Å². The Morgan fingerprint density at radius 2 is 1.79 bits per heavy atom. The maximum absolute atomic E-state index is 12.4. The summed E-state index contributed by atoms with van der Waals surface area (Å²) in [6.07, 6.45) is 3.22. The molecule has 1 fully saturated rings. The molecular formula is C15H17BrO3. The van der Waals surface area contributed by atoms with Gasteiger partial charge in [-0.1, -0.05) is 34.5 Å². The molecule has 0 heterocycles. The van der Waals surface area contributed by atoms with E-state index in [0.29, 0.717) is 6.42 Å². The minimum Gasteiger partial charge on any atom is -0.469 e. The zero-order chi connectivity index (χ0) is 13.8. The summed E-state index contributed by atoms with van der Waals surface area (Å²) in [5.41, 5.74) is 0.721. The highest BCUT2D eigenvalue weighted by atomic mass is 79.9. The van der Waals surface area contributed by atoms with Crippen molar-refractivity contribution in [3.05, 3.63) is 34.3 Å². The van der Waals surface area contributed by atoms with Gasteiger partial charge in [-0.25, -0.2) is 0 Å². The fourth-order valence-corrected chi connectivity index (χ4v) is 2.92. The van der Waals surface area contributed by atoms with Gasteiger partial charge in [-0.15, -0.1) is 0 Å². The predicted octanol–water partition coefficient (Wildman–Crippen LogP) is 3.61. The lowest BCUT2D eigenvalue weighted by atomic mass is 9.78. The van der Waals surface area contributed by atoms with E-state index >= 15 is 0 Å². The molecule has 1 aromatic rings. The number of halogens is 1. The van der Waals surface area contributed by atoms with Gasteiger partial charge in [0, 0.05) is 16.0 Å². The number of carbonyl (C=O) groups excluding carboxylic acids is 2. The minimum atomic E-state index is -0.187. The third-order valence-corrected chi connectivity index (χ3v) is 4.24. The Bertz CT molecular complexity index is 467. The molecule has 0 bridgehead atoms. The second-order valence-electron chi connectivity index (χ2n) is 4.95. The Kier molecular flexibility index (Phi) is 4.75. The molecular weight excluding hydrogens is 308 g/mol. The van der Waals surface area contributed by atoms with Crippen molar-refractivity contribution < 1.29 is 14.3 Å². The van der Waals surface area contributed by atoms with Crippen molar-refractivity contribution in [3.8, 4) is 0 Å². The quantitative estimate of drug-likeness (QED) is 0.630. The summed E-state index contributed by atoms with van der Waals surface area (Å²) in [6, 6.07) is 7.39.